The predicted octanol–water partition coefficient (Wildman–Crippen LogP) is 1.90. The first-order valence-electron chi connectivity index (χ1n) is 6.87. The molecule has 0 aromatic heterocycles. The second kappa shape index (κ2) is 9.56. The van der Waals surface area contributed by atoms with Crippen LogP contribution in [0.5, 0.6) is 0 Å². The molecule has 0 aliphatic rings. The van der Waals surface area contributed by atoms with Crippen molar-refractivity contribution in [1.29, 1.82) is 5.26 Å². The molecule has 1 aromatic rings. The second-order valence-corrected chi connectivity index (χ2v) is 4.57. The summed E-state index contributed by atoms with van der Waals surface area (Å²) in [6.45, 7) is 3.03. The molecule has 112 valence electrons. The summed E-state index contributed by atoms with van der Waals surface area (Å²) >= 11 is 0. The molecule has 1 aromatic carbocycles. The highest BCUT2D eigenvalue weighted by molar-refractivity contribution is 5.97. The molecule has 0 saturated carbocycles. The minimum atomic E-state index is -0.374. The van der Waals surface area contributed by atoms with Gasteiger partial charge in [-0.25, -0.2) is 0 Å². The van der Waals surface area contributed by atoms with Crippen LogP contribution in [0.4, 0.5) is 0 Å². The first-order chi connectivity index (χ1) is 10.2. The molecule has 1 rings (SSSR count). The average molecular weight is 287 g/mol. The summed E-state index contributed by atoms with van der Waals surface area (Å²) in [5, 5.41) is 14.8. The van der Waals surface area contributed by atoms with Crippen molar-refractivity contribution in [1.82, 2.24) is 10.6 Å². The van der Waals surface area contributed by atoms with Gasteiger partial charge in [0, 0.05) is 32.5 Å². The first-order valence-corrected chi connectivity index (χ1v) is 6.87. The maximum absolute atomic E-state index is 11.8. The van der Waals surface area contributed by atoms with E-state index in [4.69, 9.17) is 10.00 Å². The molecule has 0 aliphatic carbocycles. The second-order valence-electron chi connectivity index (χ2n) is 4.57. The molecule has 0 saturated heterocycles. The molecule has 1 atom stereocenters. The van der Waals surface area contributed by atoms with E-state index < -0.39 is 0 Å². The Balaban J connectivity index is 2.51. The van der Waals surface area contributed by atoms with Crippen molar-refractivity contribution in [3.05, 3.63) is 47.7 Å². The summed E-state index contributed by atoms with van der Waals surface area (Å²) < 4.78 is 4.90. The average Bonchev–Trinajstić information content (AvgIpc) is 2.52. The first kappa shape index (κ1) is 16.7. The van der Waals surface area contributed by atoms with Crippen LogP contribution in [0.2, 0.25) is 0 Å². The summed E-state index contributed by atoms with van der Waals surface area (Å²) in [5.41, 5.74) is 1.15. The fraction of sp³-hybridized carbons (Fsp3) is 0.375. The minimum absolute atomic E-state index is 0.0239. The molecule has 0 bridgehead atoms. The van der Waals surface area contributed by atoms with Gasteiger partial charge in [-0.3, -0.25) is 4.79 Å². The summed E-state index contributed by atoms with van der Waals surface area (Å²) in [5.74, 6) is -0.374. The van der Waals surface area contributed by atoms with Gasteiger partial charge in [0.25, 0.3) is 5.91 Å². The number of ether oxygens (including phenoxy) is 1. The maximum atomic E-state index is 11.8. The number of carbonyl (C=O) groups excluding carboxylic acids is 1. The fourth-order valence-electron chi connectivity index (χ4n) is 1.71. The summed E-state index contributed by atoms with van der Waals surface area (Å²) in [6.07, 6.45) is 2.18. The quantitative estimate of drug-likeness (QED) is 0.435. The monoisotopic (exact) mass is 287 g/mol. The largest absolute Gasteiger partial charge is 0.385 e. The van der Waals surface area contributed by atoms with Crippen LogP contribution in [0.3, 0.4) is 0 Å². The van der Waals surface area contributed by atoms with Gasteiger partial charge in [0.15, 0.2) is 0 Å². The van der Waals surface area contributed by atoms with Crippen molar-refractivity contribution in [2.24, 2.45) is 0 Å². The molecule has 21 heavy (non-hydrogen) atoms. The zero-order valence-electron chi connectivity index (χ0n) is 12.4. The molecular weight excluding hydrogens is 266 g/mol. The Labute approximate surface area is 125 Å². The third-order valence-electron chi connectivity index (χ3n) is 2.95. The van der Waals surface area contributed by atoms with Gasteiger partial charge in [-0.1, -0.05) is 30.3 Å². The van der Waals surface area contributed by atoms with Crippen molar-refractivity contribution >= 4 is 5.91 Å². The Morgan fingerprint density at radius 3 is 2.76 bits per heavy atom. The number of benzene rings is 1. The van der Waals surface area contributed by atoms with E-state index in [0.717, 1.165) is 12.0 Å². The van der Waals surface area contributed by atoms with Crippen LogP contribution >= 0.6 is 0 Å². The summed E-state index contributed by atoms with van der Waals surface area (Å²) in [4.78, 5) is 11.8. The van der Waals surface area contributed by atoms with E-state index in [-0.39, 0.29) is 17.5 Å². The standard InChI is InChI=1S/C16H21N3O2/c1-13(14-7-4-3-5-8-14)19-12-15(11-17)16(20)18-9-6-10-21-2/h3-5,7-8,12-13,19H,6,9-10H2,1-2H3,(H,18,20)/b15-12-. The van der Waals surface area contributed by atoms with Crippen molar-refractivity contribution in [2.45, 2.75) is 19.4 Å². The third-order valence-corrected chi connectivity index (χ3v) is 2.95. The lowest BCUT2D eigenvalue weighted by molar-refractivity contribution is -0.117. The predicted molar refractivity (Wildman–Crippen MR) is 81.2 cm³/mol. The number of nitriles is 1. The van der Waals surface area contributed by atoms with Crippen LogP contribution in [-0.2, 0) is 9.53 Å². The zero-order valence-corrected chi connectivity index (χ0v) is 12.4. The van der Waals surface area contributed by atoms with E-state index in [2.05, 4.69) is 10.6 Å². The van der Waals surface area contributed by atoms with E-state index in [1.165, 1.54) is 6.20 Å². The van der Waals surface area contributed by atoms with Gasteiger partial charge < -0.3 is 15.4 Å². The SMILES string of the molecule is COCCCNC(=O)/C(C#N)=C\NC(C)c1ccccc1. The molecule has 0 fully saturated rings. The zero-order chi connectivity index (χ0) is 15.5. The van der Waals surface area contributed by atoms with Crippen molar-refractivity contribution in [3.8, 4) is 6.07 Å². The van der Waals surface area contributed by atoms with E-state index in [1.807, 2.05) is 43.3 Å². The highest BCUT2D eigenvalue weighted by Crippen LogP contribution is 2.11. The Morgan fingerprint density at radius 2 is 2.14 bits per heavy atom. The Morgan fingerprint density at radius 1 is 1.43 bits per heavy atom. The van der Waals surface area contributed by atoms with Crippen LogP contribution in [0.1, 0.15) is 24.9 Å². The van der Waals surface area contributed by atoms with Crippen LogP contribution in [0.25, 0.3) is 0 Å². The fourth-order valence-corrected chi connectivity index (χ4v) is 1.71. The number of methoxy groups -OCH3 is 1. The molecule has 0 heterocycles. The molecular formula is C16H21N3O2. The number of amides is 1. The van der Waals surface area contributed by atoms with E-state index in [9.17, 15) is 4.79 Å². The Hall–Kier alpha value is -2.32. The molecule has 0 aliphatic heterocycles. The number of hydrogen-bond acceptors (Lipinski definition) is 4. The van der Waals surface area contributed by atoms with Crippen LogP contribution < -0.4 is 10.6 Å². The van der Waals surface area contributed by atoms with Gasteiger partial charge in [0.1, 0.15) is 11.6 Å². The summed E-state index contributed by atoms with van der Waals surface area (Å²) in [6, 6.07) is 11.7. The van der Waals surface area contributed by atoms with Crippen molar-refractivity contribution < 1.29 is 9.53 Å². The van der Waals surface area contributed by atoms with Gasteiger partial charge >= 0.3 is 0 Å². The van der Waals surface area contributed by atoms with Crippen LogP contribution in [0, 0.1) is 11.3 Å². The Bertz CT molecular complexity index is 506. The lowest BCUT2D eigenvalue weighted by atomic mass is 10.1. The highest BCUT2D eigenvalue weighted by Gasteiger charge is 2.09. The number of nitrogens with one attached hydrogen (secondary N) is 2. The lowest BCUT2D eigenvalue weighted by Crippen LogP contribution is -2.27. The number of nitrogens with zero attached hydrogens (tertiary/aromatic N) is 1. The number of rotatable bonds is 8. The molecule has 2 N–H and O–H groups in total. The Kier molecular flexibility index (Phi) is 7.62. The molecule has 0 spiro atoms. The molecule has 1 amide bonds. The van der Waals surface area contributed by atoms with Gasteiger partial charge in [-0.05, 0) is 18.9 Å². The third kappa shape index (κ3) is 6.11. The van der Waals surface area contributed by atoms with Gasteiger partial charge in [0.05, 0.1) is 0 Å². The molecule has 5 nitrogen and oxygen atoms in total. The topological polar surface area (TPSA) is 74.1 Å². The van der Waals surface area contributed by atoms with Gasteiger partial charge in [-0.2, -0.15) is 5.26 Å². The van der Waals surface area contributed by atoms with Gasteiger partial charge in [-0.15, -0.1) is 0 Å². The van der Waals surface area contributed by atoms with Crippen molar-refractivity contribution in [2.75, 3.05) is 20.3 Å². The van der Waals surface area contributed by atoms with Gasteiger partial charge in [0.2, 0.25) is 0 Å². The summed E-state index contributed by atoms with van der Waals surface area (Å²) in [7, 11) is 1.61. The molecule has 5 heteroatoms. The number of carbonyl (C=O) groups is 1. The minimum Gasteiger partial charge on any atom is -0.385 e. The van der Waals surface area contributed by atoms with Crippen LogP contribution in [-0.4, -0.2) is 26.2 Å². The number of hydrogen-bond donors (Lipinski definition) is 2. The normalized spacial score (nSPS) is 12.3. The molecule has 0 radical (unpaired) electrons. The van der Waals surface area contributed by atoms with E-state index in [1.54, 1.807) is 7.11 Å². The van der Waals surface area contributed by atoms with Crippen molar-refractivity contribution in [3.63, 3.8) is 0 Å². The highest BCUT2D eigenvalue weighted by atomic mass is 16.5. The van der Waals surface area contributed by atoms with E-state index in [0.29, 0.717) is 13.2 Å². The van der Waals surface area contributed by atoms with E-state index >= 15 is 0 Å². The molecule has 1 unspecified atom stereocenters. The maximum Gasteiger partial charge on any atom is 0.263 e. The lowest BCUT2D eigenvalue weighted by Gasteiger charge is -2.12. The smallest absolute Gasteiger partial charge is 0.263 e. The van der Waals surface area contributed by atoms with Crippen LogP contribution in [0.15, 0.2) is 42.1 Å².